The molecule has 1 aliphatic rings. The van der Waals surface area contributed by atoms with Crippen molar-refractivity contribution in [3.8, 4) is 5.75 Å². The zero-order valence-electron chi connectivity index (χ0n) is 13.8. The highest BCUT2D eigenvalue weighted by atomic mass is 35.5. The minimum absolute atomic E-state index is 0.0716. The molecule has 0 fully saturated rings. The second-order valence-electron chi connectivity index (χ2n) is 6.10. The Balaban J connectivity index is 2.07. The molecule has 3 rings (SSSR count). The van der Waals surface area contributed by atoms with Crippen molar-refractivity contribution in [1.29, 1.82) is 0 Å². The minimum Gasteiger partial charge on any atom is -0.489 e. The number of aromatic nitrogens is 2. The van der Waals surface area contributed by atoms with Crippen LogP contribution >= 0.6 is 22.9 Å². The summed E-state index contributed by atoms with van der Waals surface area (Å²) in [5, 5.41) is 0.203. The molecule has 1 unspecified atom stereocenters. The summed E-state index contributed by atoms with van der Waals surface area (Å²) in [6.07, 6.45) is 0.898. The van der Waals surface area contributed by atoms with Crippen LogP contribution in [-0.2, 0) is 13.1 Å². The lowest BCUT2D eigenvalue weighted by Crippen LogP contribution is -2.19. The van der Waals surface area contributed by atoms with E-state index < -0.39 is 5.82 Å². The fraction of sp³-hybridized carbons (Fsp3) is 0.500. The monoisotopic (exact) mass is 371 g/mol. The van der Waals surface area contributed by atoms with E-state index in [9.17, 15) is 9.18 Å². The molecule has 130 valence electrons. The number of nitrogens with zero attached hydrogens (tertiary/aromatic N) is 3. The van der Waals surface area contributed by atoms with Crippen LogP contribution in [0.4, 0.5) is 10.1 Å². The molecule has 0 radical (unpaired) electrons. The number of fused-ring (bicyclic) bond motifs is 1. The predicted molar refractivity (Wildman–Crippen MR) is 92.7 cm³/mol. The Morgan fingerprint density at radius 2 is 2.12 bits per heavy atom. The van der Waals surface area contributed by atoms with Crippen LogP contribution in [0.2, 0.25) is 5.02 Å². The lowest BCUT2D eigenvalue weighted by atomic mass is 10.1. The number of benzene rings is 1. The van der Waals surface area contributed by atoms with E-state index in [1.165, 1.54) is 12.1 Å². The molecule has 0 amide bonds. The van der Waals surface area contributed by atoms with Crippen molar-refractivity contribution in [1.82, 2.24) is 9.36 Å². The summed E-state index contributed by atoms with van der Waals surface area (Å²) in [6, 6.07) is 2.67. The van der Waals surface area contributed by atoms with Crippen molar-refractivity contribution in [3.05, 3.63) is 37.4 Å². The molecule has 8 heteroatoms. The van der Waals surface area contributed by atoms with Crippen LogP contribution in [0.3, 0.4) is 0 Å². The molecule has 0 bridgehead atoms. The zero-order chi connectivity index (χ0) is 17.4. The first kappa shape index (κ1) is 17.2. The number of rotatable bonds is 4. The second-order valence-corrected chi connectivity index (χ2v) is 7.43. The van der Waals surface area contributed by atoms with Gasteiger partial charge in [0.2, 0.25) is 4.80 Å². The molecule has 0 saturated carbocycles. The largest absolute Gasteiger partial charge is 0.489 e. The number of hydrogen-bond donors (Lipinski definition) is 0. The molecule has 1 aromatic carbocycles. The molecule has 2 heterocycles. The van der Waals surface area contributed by atoms with E-state index in [0.29, 0.717) is 23.0 Å². The fourth-order valence-electron chi connectivity index (χ4n) is 2.67. The topological polar surface area (TPSA) is 48.5 Å². The van der Waals surface area contributed by atoms with E-state index in [2.05, 4.69) is 11.9 Å². The van der Waals surface area contributed by atoms with Crippen molar-refractivity contribution in [2.75, 3.05) is 0 Å². The van der Waals surface area contributed by atoms with Gasteiger partial charge in [-0.2, -0.15) is 0 Å². The Hall–Kier alpha value is -1.60. The third kappa shape index (κ3) is 3.28. The summed E-state index contributed by atoms with van der Waals surface area (Å²) >= 11 is 7.04. The normalized spacial score (nSPS) is 17.6. The molecule has 0 saturated heterocycles. The molecule has 1 aromatic heterocycles. The van der Waals surface area contributed by atoms with Crippen molar-refractivity contribution in [2.45, 2.75) is 46.4 Å². The molecule has 2 aromatic rings. The highest BCUT2D eigenvalue weighted by Crippen LogP contribution is 2.32. The Kier molecular flexibility index (Phi) is 4.83. The van der Waals surface area contributed by atoms with Crippen LogP contribution in [-0.4, -0.2) is 15.5 Å². The van der Waals surface area contributed by atoms with Crippen molar-refractivity contribution in [3.63, 3.8) is 0 Å². The number of halogens is 2. The molecule has 0 N–H and O–H groups in total. The van der Waals surface area contributed by atoms with Gasteiger partial charge in [0.15, 0.2) is 5.82 Å². The van der Waals surface area contributed by atoms with E-state index in [1.54, 1.807) is 4.68 Å². The van der Waals surface area contributed by atoms with Crippen molar-refractivity contribution < 1.29 is 9.13 Å². The summed E-state index contributed by atoms with van der Waals surface area (Å²) in [4.78, 5) is 16.9. The van der Waals surface area contributed by atoms with Crippen LogP contribution in [0, 0.1) is 11.7 Å². The number of hydrogen-bond acceptors (Lipinski definition) is 4. The maximum absolute atomic E-state index is 14.2. The first-order valence-corrected chi connectivity index (χ1v) is 9.09. The summed E-state index contributed by atoms with van der Waals surface area (Å²) in [5.41, 5.74) is 0.118. The lowest BCUT2D eigenvalue weighted by Gasteiger charge is -2.12. The van der Waals surface area contributed by atoms with Gasteiger partial charge in [0.1, 0.15) is 11.4 Å². The minimum atomic E-state index is -0.540. The Morgan fingerprint density at radius 1 is 1.42 bits per heavy atom. The number of ether oxygens (including phenoxy) is 1. The average Bonchev–Trinajstić information content (AvgIpc) is 3.05. The average molecular weight is 372 g/mol. The zero-order valence-corrected chi connectivity index (χ0v) is 15.3. The van der Waals surface area contributed by atoms with Gasteiger partial charge in [-0.1, -0.05) is 18.5 Å². The van der Waals surface area contributed by atoms with Gasteiger partial charge in [-0.3, -0.25) is 9.48 Å². The van der Waals surface area contributed by atoms with Crippen LogP contribution in [0.1, 0.15) is 27.2 Å². The van der Waals surface area contributed by atoms with E-state index in [0.717, 1.165) is 24.3 Å². The lowest BCUT2D eigenvalue weighted by molar-refractivity contribution is 0.242. The van der Waals surface area contributed by atoms with Gasteiger partial charge in [-0.15, -0.1) is 0 Å². The molecular formula is C16H19ClFN3O2S. The molecule has 0 aliphatic carbocycles. The quantitative estimate of drug-likeness (QED) is 0.825. The summed E-state index contributed by atoms with van der Waals surface area (Å²) in [5.74, 6) is 0.253. The van der Waals surface area contributed by atoms with E-state index in [1.807, 2.05) is 18.5 Å². The third-order valence-corrected chi connectivity index (χ3v) is 5.09. The molecule has 1 atom stereocenters. The van der Waals surface area contributed by atoms with Crippen molar-refractivity contribution >= 4 is 28.6 Å². The highest BCUT2D eigenvalue weighted by Gasteiger charge is 2.23. The maximum atomic E-state index is 14.2. The standard InChI is InChI=1S/C16H19ClFN3O2S/c1-4-10-7-20-15(24-16(22)21(20)8-10)19-13-6-14(23-9(2)3)11(17)5-12(13)18/h5-6,9-10H,4,7-8H2,1-3H3. The van der Waals surface area contributed by atoms with Crippen LogP contribution in [0.5, 0.6) is 5.75 Å². The molecular weight excluding hydrogens is 353 g/mol. The molecule has 0 spiro atoms. The first-order chi connectivity index (χ1) is 11.4. The van der Waals surface area contributed by atoms with Crippen LogP contribution < -0.4 is 14.4 Å². The van der Waals surface area contributed by atoms with Crippen LogP contribution in [0.25, 0.3) is 0 Å². The smallest absolute Gasteiger partial charge is 0.325 e. The van der Waals surface area contributed by atoms with Gasteiger partial charge in [0.25, 0.3) is 0 Å². The Labute approximate surface area is 148 Å². The SMILES string of the molecule is CCC1Cn2c(=O)sc(=Nc3cc(OC(C)C)c(Cl)cc3F)n2C1. The van der Waals surface area contributed by atoms with E-state index in [4.69, 9.17) is 16.3 Å². The highest BCUT2D eigenvalue weighted by molar-refractivity contribution is 7.06. The molecule has 1 aliphatic heterocycles. The van der Waals surface area contributed by atoms with Gasteiger partial charge in [0, 0.05) is 19.2 Å². The van der Waals surface area contributed by atoms with Gasteiger partial charge in [0.05, 0.1) is 11.1 Å². The van der Waals surface area contributed by atoms with E-state index >= 15 is 0 Å². The Bertz CT molecular complexity index is 884. The third-order valence-electron chi connectivity index (χ3n) is 3.92. The molecule has 24 heavy (non-hydrogen) atoms. The maximum Gasteiger partial charge on any atom is 0.325 e. The Morgan fingerprint density at radius 3 is 2.79 bits per heavy atom. The van der Waals surface area contributed by atoms with Gasteiger partial charge in [-0.25, -0.2) is 14.1 Å². The second kappa shape index (κ2) is 6.72. The van der Waals surface area contributed by atoms with Gasteiger partial charge in [-0.05, 0) is 43.6 Å². The summed E-state index contributed by atoms with van der Waals surface area (Å²) in [6.45, 7) is 7.23. The molecule has 5 nitrogen and oxygen atoms in total. The summed E-state index contributed by atoms with van der Waals surface area (Å²) in [7, 11) is 0. The van der Waals surface area contributed by atoms with Crippen LogP contribution in [0.15, 0.2) is 21.9 Å². The first-order valence-electron chi connectivity index (χ1n) is 7.90. The predicted octanol–water partition coefficient (Wildman–Crippen LogP) is 3.56. The fourth-order valence-corrected chi connectivity index (χ4v) is 3.72. The van der Waals surface area contributed by atoms with E-state index in [-0.39, 0.29) is 21.7 Å². The summed E-state index contributed by atoms with van der Waals surface area (Å²) < 4.78 is 23.3. The van der Waals surface area contributed by atoms with Crippen molar-refractivity contribution in [2.24, 2.45) is 10.9 Å². The van der Waals surface area contributed by atoms with Gasteiger partial charge >= 0.3 is 4.87 Å². The van der Waals surface area contributed by atoms with Gasteiger partial charge < -0.3 is 4.74 Å².